The van der Waals surface area contributed by atoms with Crippen molar-refractivity contribution < 1.29 is 19.7 Å². The Kier molecular flexibility index (Phi) is 4.26. The summed E-state index contributed by atoms with van der Waals surface area (Å²) in [5.74, 6) is 0.239. The van der Waals surface area contributed by atoms with E-state index in [1.807, 2.05) is 6.07 Å². The van der Waals surface area contributed by atoms with E-state index in [0.717, 1.165) is 0 Å². The Labute approximate surface area is 127 Å². The molecule has 1 aliphatic heterocycles. The Balaban J connectivity index is 2.52. The van der Waals surface area contributed by atoms with Crippen molar-refractivity contribution >= 4 is 17.7 Å². The number of amides is 1. The number of benzene rings is 1. The van der Waals surface area contributed by atoms with Crippen molar-refractivity contribution in [3.63, 3.8) is 0 Å². The van der Waals surface area contributed by atoms with Crippen molar-refractivity contribution in [1.29, 1.82) is 5.26 Å². The lowest BCUT2D eigenvalue weighted by Gasteiger charge is -2.38. The van der Waals surface area contributed by atoms with Crippen molar-refractivity contribution in [2.24, 2.45) is 0 Å². The Morgan fingerprint density at radius 3 is 2.67 bits per heavy atom. The second kappa shape index (κ2) is 5.80. The normalized spacial score (nSPS) is 16.0. The lowest BCUT2D eigenvalue weighted by Crippen LogP contribution is -2.48. The summed E-state index contributed by atoms with van der Waals surface area (Å²) in [6.07, 6.45) is -1.80. The van der Waals surface area contributed by atoms with Crippen LogP contribution in [0.3, 0.4) is 0 Å². The van der Waals surface area contributed by atoms with Gasteiger partial charge in [0.1, 0.15) is 11.8 Å². The molecule has 0 spiro atoms. The summed E-state index contributed by atoms with van der Waals surface area (Å²) in [7, 11) is 1.45. The van der Waals surface area contributed by atoms with Gasteiger partial charge in [-0.1, -0.05) is 11.6 Å². The molecule has 1 fully saturated rings. The third-order valence-electron chi connectivity index (χ3n) is 3.62. The molecule has 1 saturated heterocycles. The molecule has 1 aromatic rings. The van der Waals surface area contributed by atoms with Crippen molar-refractivity contribution in [2.45, 2.75) is 18.9 Å². The molecule has 1 amide bonds. The molecule has 1 heterocycles. The molecule has 7 heteroatoms. The fourth-order valence-corrected chi connectivity index (χ4v) is 2.79. The van der Waals surface area contributed by atoms with Crippen molar-refractivity contribution in [3.8, 4) is 11.8 Å². The maximum Gasteiger partial charge on any atom is 0.407 e. The van der Waals surface area contributed by atoms with Gasteiger partial charge in [0.05, 0.1) is 23.8 Å². The van der Waals surface area contributed by atoms with E-state index in [0.29, 0.717) is 16.9 Å². The average molecular weight is 311 g/mol. The highest BCUT2D eigenvalue weighted by atomic mass is 35.5. The molecule has 1 aromatic carbocycles. The van der Waals surface area contributed by atoms with Crippen molar-refractivity contribution in [3.05, 3.63) is 27.8 Å². The molecule has 2 rings (SSSR count). The Hall–Kier alpha value is -1.97. The van der Waals surface area contributed by atoms with Gasteiger partial charge in [-0.3, -0.25) is 0 Å². The maximum atomic E-state index is 10.9. The largest absolute Gasteiger partial charge is 0.496 e. The zero-order valence-corrected chi connectivity index (χ0v) is 12.4. The van der Waals surface area contributed by atoms with Gasteiger partial charge in [-0.05, 0) is 13.0 Å². The summed E-state index contributed by atoms with van der Waals surface area (Å²) >= 11 is 6.11. The molecule has 0 bridgehead atoms. The number of nitrogens with zero attached hydrogens (tertiary/aromatic N) is 2. The van der Waals surface area contributed by atoms with Crippen LogP contribution in [0.1, 0.15) is 35.6 Å². The van der Waals surface area contributed by atoms with Gasteiger partial charge in [-0.25, -0.2) is 4.79 Å². The fourth-order valence-electron chi connectivity index (χ4n) is 2.53. The number of methoxy groups -OCH3 is 1. The lowest BCUT2D eigenvalue weighted by atomic mass is 9.85. The van der Waals surface area contributed by atoms with Crippen LogP contribution in [-0.4, -0.2) is 41.4 Å². The number of hydrogen-bond donors (Lipinski definition) is 2. The first kappa shape index (κ1) is 15.4. The minimum Gasteiger partial charge on any atom is -0.496 e. The van der Waals surface area contributed by atoms with Crippen molar-refractivity contribution in [2.75, 3.05) is 20.2 Å². The Morgan fingerprint density at radius 1 is 1.62 bits per heavy atom. The van der Waals surface area contributed by atoms with Gasteiger partial charge in [-0.15, -0.1) is 0 Å². The number of likely N-dealkylation sites (tertiary alicyclic amines) is 1. The fraction of sp³-hybridized carbons (Fsp3) is 0.429. The van der Waals surface area contributed by atoms with E-state index in [9.17, 15) is 15.2 Å². The van der Waals surface area contributed by atoms with Crippen LogP contribution in [-0.2, 0) is 0 Å². The third-order valence-corrected chi connectivity index (χ3v) is 3.92. The van der Waals surface area contributed by atoms with E-state index < -0.39 is 12.2 Å². The zero-order valence-electron chi connectivity index (χ0n) is 11.6. The molecule has 1 atom stereocenters. The van der Waals surface area contributed by atoms with Crippen LogP contribution in [0.4, 0.5) is 4.79 Å². The molecule has 0 aromatic heterocycles. The number of aliphatic hydroxyl groups is 1. The van der Waals surface area contributed by atoms with Gasteiger partial charge in [0, 0.05) is 30.1 Å². The van der Waals surface area contributed by atoms with Crippen LogP contribution in [0.5, 0.6) is 5.75 Å². The molecule has 0 aliphatic carbocycles. The van der Waals surface area contributed by atoms with E-state index in [1.54, 1.807) is 6.92 Å². The number of rotatable bonds is 3. The smallest absolute Gasteiger partial charge is 0.407 e. The van der Waals surface area contributed by atoms with Gasteiger partial charge in [0.2, 0.25) is 0 Å². The summed E-state index contributed by atoms with van der Waals surface area (Å²) in [5.41, 5.74) is 1.33. The standard InChI is InChI=1S/C14H15ClN2O4/c1-7(18)9-3-11(15)10(4-16)12(13(9)21-2)8-5-17(6-8)14(19)20/h3,7-8,18H,5-6H2,1-2H3,(H,19,20). The van der Waals surface area contributed by atoms with Crippen LogP contribution >= 0.6 is 11.6 Å². The van der Waals surface area contributed by atoms with E-state index in [-0.39, 0.29) is 29.6 Å². The van der Waals surface area contributed by atoms with Gasteiger partial charge in [0.25, 0.3) is 0 Å². The first-order chi connectivity index (χ1) is 9.90. The van der Waals surface area contributed by atoms with Crippen LogP contribution in [0.15, 0.2) is 6.07 Å². The zero-order chi connectivity index (χ0) is 15.7. The summed E-state index contributed by atoms with van der Waals surface area (Å²) in [4.78, 5) is 12.1. The second-order valence-corrected chi connectivity index (χ2v) is 5.35. The highest BCUT2D eigenvalue weighted by Gasteiger charge is 2.37. The minimum atomic E-state index is -0.999. The van der Waals surface area contributed by atoms with Crippen LogP contribution in [0, 0.1) is 11.3 Å². The number of aliphatic hydroxyl groups excluding tert-OH is 1. The molecular formula is C14H15ClN2O4. The predicted molar refractivity (Wildman–Crippen MR) is 75.7 cm³/mol. The summed E-state index contributed by atoms with van der Waals surface area (Å²) in [6, 6.07) is 3.55. The minimum absolute atomic E-state index is 0.165. The molecule has 112 valence electrons. The summed E-state index contributed by atoms with van der Waals surface area (Å²) in [5, 5.41) is 28.3. The van der Waals surface area contributed by atoms with Crippen LogP contribution in [0.2, 0.25) is 5.02 Å². The summed E-state index contributed by atoms with van der Waals surface area (Å²) < 4.78 is 5.35. The molecule has 1 aliphatic rings. The Bertz CT molecular complexity index is 618. The molecule has 0 saturated carbocycles. The van der Waals surface area contributed by atoms with Gasteiger partial charge < -0.3 is 19.8 Å². The Morgan fingerprint density at radius 2 is 2.24 bits per heavy atom. The van der Waals surface area contributed by atoms with E-state index >= 15 is 0 Å². The summed E-state index contributed by atoms with van der Waals surface area (Å²) in [6.45, 7) is 2.13. The number of halogens is 1. The first-order valence-electron chi connectivity index (χ1n) is 6.37. The number of hydrogen-bond acceptors (Lipinski definition) is 4. The van der Waals surface area contributed by atoms with E-state index in [4.69, 9.17) is 21.4 Å². The second-order valence-electron chi connectivity index (χ2n) is 4.94. The van der Waals surface area contributed by atoms with Gasteiger partial charge in [0.15, 0.2) is 0 Å². The quantitative estimate of drug-likeness (QED) is 0.893. The molecule has 21 heavy (non-hydrogen) atoms. The maximum absolute atomic E-state index is 10.9. The highest BCUT2D eigenvalue weighted by Crippen LogP contribution is 2.42. The lowest BCUT2D eigenvalue weighted by molar-refractivity contribution is 0.104. The predicted octanol–water partition coefficient (Wildman–Crippen LogP) is 2.35. The number of carboxylic acid groups (broad SMARTS) is 1. The molecule has 6 nitrogen and oxygen atoms in total. The number of nitriles is 1. The number of carbonyl (C=O) groups is 1. The van der Waals surface area contributed by atoms with E-state index in [2.05, 4.69) is 0 Å². The SMILES string of the molecule is COc1c(C(C)O)cc(Cl)c(C#N)c1C1CN(C(=O)O)C1. The van der Waals surface area contributed by atoms with Crippen molar-refractivity contribution in [1.82, 2.24) is 4.90 Å². The molecule has 1 unspecified atom stereocenters. The molecule has 0 radical (unpaired) electrons. The number of ether oxygens (including phenoxy) is 1. The highest BCUT2D eigenvalue weighted by molar-refractivity contribution is 6.32. The van der Waals surface area contributed by atoms with Gasteiger partial charge in [-0.2, -0.15) is 5.26 Å². The van der Waals surface area contributed by atoms with E-state index in [1.165, 1.54) is 18.1 Å². The van der Waals surface area contributed by atoms with Crippen LogP contribution in [0.25, 0.3) is 0 Å². The third kappa shape index (κ3) is 2.62. The first-order valence-corrected chi connectivity index (χ1v) is 6.74. The molecule has 2 N–H and O–H groups in total. The topological polar surface area (TPSA) is 93.8 Å². The average Bonchev–Trinajstić information content (AvgIpc) is 2.36. The monoisotopic (exact) mass is 310 g/mol. The van der Waals surface area contributed by atoms with Crippen LogP contribution < -0.4 is 4.74 Å². The van der Waals surface area contributed by atoms with Gasteiger partial charge >= 0.3 is 6.09 Å². The molecular weight excluding hydrogens is 296 g/mol.